The Morgan fingerprint density at radius 2 is 2.38 bits per heavy atom. The number of carboxylic acid groups (broad SMARTS) is 1. The molecule has 0 aliphatic heterocycles. The molecule has 0 saturated heterocycles. The van der Waals surface area contributed by atoms with Gasteiger partial charge >= 0.3 is 5.97 Å². The van der Waals surface area contributed by atoms with E-state index in [-0.39, 0.29) is 5.75 Å². The van der Waals surface area contributed by atoms with Crippen molar-refractivity contribution >= 4 is 40.5 Å². The molecule has 0 aliphatic carbocycles. The minimum atomic E-state index is -0.876. The molecule has 0 unspecified atom stereocenters. The van der Waals surface area contributed by atoms with Crippen LogP contribution in [0, 0.1) is 0 Å². The molecule has 8 heteroatoms. The molecule has 0 bridgehead atoms. The van der Waals surface area contributed by atoms with Crippen LogP contribution in [0.3, 0.4) is 0 Å². The second-order valence-corrected chi connectivity index (χ2v) is 5.65. The average molecular weight is 330 g/mol. The number of hydrogen-bond donors (Lipinski definition) is 1. The maximum atomic E-state index is 10.7. The van der Waals surface area contributed by atoms with Gasteiger partial charge in [0.05, 0.1) is 10.8 Å². The molecule has 6 nitrogen and oxygen atoms in total. The smallest absolute Gasteiger partial charge is 0.313 e. The highest BCUT2D eigenvalue weighted by molar-refractivity contribution is 7.99. The highest BCUT2D eigenvalue weighted by Crippen LogP contribution is 2.24. The summed E-state index contributed by atoms with van der Waals surface area (Å²) < 4.78 is 7.24. The first-order valence-electron chi connectivity index (χ1n) is 6.56. The molecule has 0 aliphatic rings. The Balaban J connectivity index is 2.23. The number of halogens is 1. The van der Waals surface area contributed by atoms with Crippen molar-refractivity contribution in [1.29, 1.82) is 0 Å². The van der Waals surface area contributed by atoms with Crippen molar-refractivity contribution in [3.05, 3.63) is 17.3 Å². The molecule has 21 heavy (non-hydrogen) atoms. The summed E-state index contributed by atoms with van der Waals surface area (Å²) in [6.07, 6.45) is 2.38. The molecule has 0 saturated carbocycles. The lowest BCUT2D eigenvalue weighted by atomic mass is 10.4. The summed E-state index contributed by atoms with van der Waals surface area (Å²) in [5, 5.41) is 9.96. The summed E-state index contributed by atoms with van der Waals surface area (Å²) in [5.41, 5.74) is 1.38. The van der Waals surface area contributed by atoms with Crippen LogP contribution in [0.1, 0.15) is 13.3 Å². The van der Waals surface area contributed by atoms with Crippen LogP contribution < -0.4 is 0 Å². The van der Waals surface area contributed by atoms with Gasteiger partial charge in [-0.05, 0) is 19.4 Å². The van der Waals surface area contributed by atoms with Crippen LogP contribution in [0.5, 0.6) is 0 Å². The van der Waals surface area contributed by atoms with E-state index in [4.69, 9.17) is 21.4 Å². The Hall–Kier alpha value is -1.31. The lowest BCUT2D eigenvalue weighted by molar-refractivity contribution is -0.133. The van der Waals surface area contributed by atoms with Gasteiger partial charge < -0.3 is 14.4 Å². The SMILES string of the molecule is CCOCCCn1c(SCC(=O)O)nc2cc(Cl)cnc21. The molecule has 1 N–H and O–H groups in total. The van der Waals surface area contributed by atoms with E-state index in [0.29, 0.717) is 41.1 Å². The molecular formula is C13H16ClN3O3S. The molecular weight excluding hydrogens is 314 g/mol. The zero-order valence-electron chi connectivity index (χ0n) is 11.6. The van der Waals surface area contributed by atoms with Crippen LogP contribution in [0.25, 0.3) is 11.2 Å². The highest BCUT2D eigenvalue weighted by Gasteiger charge is 2.14. The monoisotopic (exact) mass is 329 g/mol. The molecule has 0 fully saturated rings. The number of nitrogens with zero attached hydrogens (tertiary/aromatic N) is 3. The summed E-state index contributed by atoms with van der Waals surface area (Å²) in [6, 6.07) is 1.73. The van der Waals surface area contributed by atoms with Crippen LogP contribution in [0.4, 0.5) is 0 Å². The van der Waals surface area contributed by atoms with Crippen molar-refractivity contribution in [2.75, 3.05) is 19.0 Å². The Kier molecular flexibility index (Phi) is 5.84. The molecule has 0 aromatic carbocycles. The van der Waals surface area contributed by atoms with Gasteiger partial charge in [0, 0.05) is 26.0 Å². The van der Waals surface area contributed by atoms with E-state index in [0.717, 1.165) is 6.42 Å². The van der Waals surface area contributed by atoms with Gasteiger partial charge in [-0.25, -0.2) is 9.97 Å². The molecule has 0 amide bonds. The molecule has 2 heterocycles. The third kappa shape index (κ3) is 4.33. The average Bonchev–Trinajstić information content (AvgIpc) is 2.78. The number of fused-ring (bicyclic) bond motifs is 1. The van der Waals surface area contributed by atoms with Crippen molar-refractivity contribution in [2.45, 2.75) is 25.0 Å². The van der Waals surface area contributed by atoms with Gasteiger partial charge in [-0.3, -0.25) is 4.79 Å². The van der Waals surface area contributed by atoms with Crippen LogP contribution in [0.15, 0.2) is 17.4 Å². The molecule has 2 rings (SSSR count). The number of hydrogen-bond acceptors (Lipinski definition) is 5. The maximum Gasteiger partial charge on any atom is 0.313 e. The second-order valence-electron chi connectivity index (χ2n) is 4.28. The van der Waals surface area contributed by atoms with Crippen molar-refractivity contribution in [3.63, 3.8) is 0 Å². The minimum Gasteiger partial charge on any atom is -0.481 e. The van der Waals surface area contributed by atoms with Crippen LogP contribution >= 0.6 is 23.4 Å². The number of rotatable bonds is 8. The first-order valence-corrected chi connectivity index (χ1v) is 7.92. The molecule has 0 radical (unpaired) electrons. The fourth-order valence-corrected chi connectivity index (χ4v) is 2.77. The summed E-state index contributed by atoms with van der Waals surface area (Å²) in [6.45, 7) is 3.95. The fourth-order valence-electron chi connectivity index (χ4n) is 1.87. The number of imidazole rings is 1. The number of ether oxygens (including phenoxy) is 1. The largest absolute Gasteiger partial charge is 0.481 e. The van der Waals surface area contributed by atoms with Crippen LogP contribution in [-0.4, -0.2) is 44.6 Å². The molecule has 2 aromatic heterocycles. The van der Waals surface area contributed by atoms with Crippen molar-refractivity contribution in [1.82, 2.24) is 14.5 Å². The number of pyridine rings is 1. The normalized spacial score (nSPS) is 11.1. The number of carbonyl (C=O) groups is 1. The van der Waals surface area contributed by atoms with E-state index in [1.54, 1.807) is 12.3 Å². The van der Waals surface area contributed by atoms with Crippen LogP contribution in [-0.2, 0) is 16.1 Å². The second kappa shape index (κ2) is 7.63. The van der Waals surface area contributed by atoms with Gasteiger partial charge in [0.15, 0.2) is 10.8 Å². The standard InChI is InChI=1S/C13H16ClN3O3S/c1-2-20-5-3-4-17-12-10(6-9(14)7-15-12)16-13(17)21-8-11(18)19/h6-7H,2-5,8H2,1H3,(H,18,19). The fraction of sp³-hybridized carbons (Fsp3) is 0.462. The van der Waals surface area contributed by atoms with E-state index in [2.05, 4.69) is 9.97 Å². The molecule has 0 atom stereocenters. The van der Waals surface area contributed by atoms with E-state index in [9.17, 15) is 4.79 Å². The minimum absolute atomic E-state index is 0.0392. The topological polar surface area (TPSA) is 77.2 Å². The van der Waals surface area contributed by atoms with E-state index in [1.165, 1.54) is 11.8 Å². The van der Waals surface area contributed by atoms with Crippen molar-refractivity contribution in [2.24, 2.45) is 0 Å². The number of thioether (sulfide) groups is 1. The summed E-state index contributed by atoms with van der Waals surface area (Å²) in [4.78, 5) is 19.5. The summed E-state index contributed by atoms with van der Waals surface area (Å²) in [5.74, 6) is -0.915. The van der Waals surface area contributed by atoms with E-state index < -0.39 is 5.97 Å². The highest BCUT2D eigenvalue weighted by atomic mass is 35.5. The predicted octanol–water partition coefficient (Wildman–Crippen LogP) is 2.69. The zero-order chi connectivity index (χ0) is 15.2. The van der Waals surface area contributed by atoms with Gasteiger partial charge in [0.1, 0.15) is 5.52 Å². The number of aromatic nitrogens is 3. The number of aliphatic carboxylic acids is 1. The van der Waals surface area contributed by atoms with Gasteiger partial charge in [-0.15, -0.1) is 0 Å². The first-order chi connectivity index (χ1) is 10.1. The van der Waals surface area contributed by atoms with E-state index in [1.807, 2.05) is 11.5 Å². The number of aryl methyl sites for hydroxylation is 1. The van der Waals surface area contributed by atoms with Crippen LogP contribution in [0.2, 0.25) is 5.02 Å². The molecule has 0 spiro atoms. The summed E-state index contributed by atoms with van der Waals surface area (Å²) in [7, 11) is 0. The van der Waals surface area contributed by atoms with Gasteiger partial charge in [0.2, 0.25) is 0 Å². The Morgan fingerprint density at radius 3 is 3.10 bits per heavy atom. The lowest BCUT2D eigenvalue weighted by Gasteiger charge is -2.07. The van der Waals surface area contributed by atoms with E-state index >= 15 is 0 Å². The Bertz CT molecular complexity index is 632. The number of carboxylic acids is 1. The first kappa shape index (κ1) is 16.1. The Labute approximate surface area is 131 Å². The quantitative estimate of drug-likeness (QED) is 0.592. The van der Waals surface area contributed by atoms with Crippen molar-refractivity contribution < 1.29 is 14.6 Å². The Morgan fingerprint density at radius 1 is 1.57 bits per heavy atom. The van der Waals surface area contributed by atoms with Gasteiger partial charge in [0.25, 0.3) is 0 Å². The third-order valence-electron chi connectivity index (χ3n) is 2.72. The van der Waals surface area contributed by atoms with Gasteiger partial charge in [-0.1, -0.05) is 23.4 Å². The predicted molar refractivity (Wildman–Crippen MR) is 82.0 cm³/mol. The zero-order valence-corrected chi connectivity index (χ0v) is 13.2. The lowest BCUT2D eigenvalue weighted by Crippen LogP contribution is -2.06. The van der Waals surface area contributed by atoms with Gasteiger partial charge in [-0.2, -0.15) is 0 Å². The van der Waals surface area contributed by atoms with Crippen molar-refractivity contribution in [3.8, 4) is 0 Å². The molecule has 2 aromatic rings. The third-order valence-corrected chi connectivity index (χ3v) is 3.88. The maximum absolute atomic E-state index is 10.7. The summed E-state index contributed by atoms with van der Waals surface area (Å²) >= 11 is 7.10. The molecule has 114 valence electrons.